The molecular weight excluding hydrogens is 453 g/mol. The van der Waals surface area contributed by atoms with E-state index < -0.39 is 0 Å². The van der Waals surface area contributed by atoms with Crippen molar-refractivity contribution < 1.29 is 9.47 Å². The first-order valence-electron chi connectivity index (χ1n) is 10.1. The summed E-state index contributed by atoms with van der Waals surface area (Å²) in [6.45, 7) is 4.45. The first-order valence-corrected chi connectivity index (χ1v) is 10.1. The summed E-state index contributed by atoms with van der Waals surface area (Å²) in [6, 6.07) is 8.97. The SMILES string of the molecule is CN=C(NCC1C2Cc3ccccc3C12)N1CCOC(C2CCCO2)C1.I. The van der Waals surface area contributed by atoms with Crippen LogP contribution in [-0.2, 0) is 15.9 Å². The van der Waals surface area contributed by atoms with Gasteiger partial charge in [-0.3, -0.25) is 4.99 Å². The number of halogens is 1. The molecule has 0 spiro atoms. The third-order valence-corrected chi connectivity index (χ3v) is 6.68. The van der Waals surface area contributed by atoms with Crippen LogP contribution in [0.1, 0.15) is 29.9 Å². The summed E-state index contributed by atoms with van der Waals surface area (Å²) in [7, 11) is 1.89. The fraction of sp³-hybridized carbons (Fsp3) is 0.667. The zero-order valence-electron chi connectivity index (χ0n) is 16.0. The normalized spacial score (nSPS) is 34.6. The van der Waals surface area contributed by atoms with E-state index in [9.17, 15) is 0 Å². The molecule has 0 radical (unpaired) electrons. The zero-order valence-corrected chi connectivity index (χ0v) is 18.3. The Hall–Kier alpha value is -0.860. The first-order chi connectivity index (χ1) is 12.8. The minimum absolute atomic E-state index is 0. The quantitative estimate of drug-likeness (QED) is 0.408. The van der Waals surface area contributed by atoms with Crippen molar-refractivity contribution in [2.45, 2.75) is 37.4 Å². The minimum atomic E-state index is 0. The predicted molar refractivity (Wildman–Crippen MR) is 117 cm³/mol. The van der Waals surface area contributed by atoms with Crippen molar-refractivity contribution in [3.05, 3.63) is 35.4 Å². The average molecular weight is 483 g/mol. The van der Waals surface area contributed by atoms with Crippen LogP contribution in [-0.4, -0.2) is 63.0 Å². The van der Waals surface area contributed by atoms with Gasteiger partial charge in [0.15, 0.2) is 5.96 Å². The van der Waals surface area contributed by atoms with E-state index in [1.54, 1.807) is 11.1 Å². The fourth-order valence-corrected chi connectivity index (χ4v) is 5.29. The van der Waals surface area contributed by atoms with Crippen molar-refractivity contribution in [2.75, 3.05) is 39.9 Å². The summed E-state index contributed by atoms with van der Waals surface area (Å²) in [5.41, 5.74) is 3.15. The Kier molecular flexibility index (Phi) is 5.94. The third-order valence-electron chi connectivity index (χ3n) is 6.68. The highest BCUT2D eigenvalue weighted by Gasteiger charge is 2.55. The molecule has 5 nitrogen and oxygen atoms in total. The molecule has 3 fully saturated rings. The number of rotatable bonds is 3. The van der Waals surface area contributed by atoms with Gasteiger partial charge in [0.1, 0.15) is 6.10 Å². The Morgan fingerprint density at radius 1 is 1.22 bits per heavy atom. The minimum Gasteiger partial charge on any atom is -0.375 e. The molecule has 1 N–H and O–H groups in total. The van der Waals surface area contributed by atoms with Crippen molar-refractivity contribution in [1.82, 2.24) is 10.2 Å². The molecule has 5 rings (SSSR count). The lowest BCUT2D eigenvalue weighted by Gasteiger charge is -2.37. The maximum atomic E-state index is 5.97. The predicted octanol–water partition coefficient (Wildman–Crippen LogP) is 2.65. The monoisotopic (exact) mass is 483 g/mol. The molecule has 5 unspecified atom stereocenters. The van der Waals surface area contributed by atoms with Crippen LogP contribution in [0.4, 0.5) is 0 Å². The van der Waals surface area contributed by atoms with Crippen LogP contribution in [0.3, 0.4) is 0 Å². The van der Waals surface area contributed by atoms with Gasteiger partial charge >= 0.3 is 0 Å². The second-order valence-corrected chi connectivity index (χ2v) is 8.09. The molecule has 2 saturated heterocycles. The molecule has 2 heterocycles. The Balaban J connectivity index is 0.00000180. The third kappa shape index (κ3) is 3.72. The van der Waals surface area contributed by atoms with Crippen LogP contribution in [0, 0.1) is 11.8 Å². The molecule has 27 heavy (non-hydrogen) atoms. The summed E-state index contributed by atoms with van der Waals surface area (Å²) < 4.78 is 11.8. The number of aliphatic imine (C=N–C) groups is 1. The summed E-state index contributed by atoms with van der Waals surface area (Å²) in [6.07, 6.45) is 3.97. The van der Waals surface area contributed by atoms with Gasteiger partial charge in [0.05, 0.1) is 12.7 Å². The number of guanidine groups is 1. The van der Waals surface area contributed by atoms with Gasteiger partial charge < -0.3 is 19.7 Å². The topological polar surface area (TPSA) is 46.1 Å². The number of nitrogens with zero attached hydrogens (tertiary/aromatic N) is 2. The van der Waals surface area contributed by atoms with E-state index in [2.05, 4.69) is 39.5 Å². The van der Waals surface area contributed by atoms with Crippen LogP contribution in [0.5, 0.6) is 0 Å². The number of fused-ring (bicyclic) bond motifs is 3. The van der Waals surface area contributed by atoms with Gasteiger partial charge in [0.2, 0.25) is 0 Å². The molecule has 1 aromatic carbocycles. The van der Waals surface area contributed by atoms with Gasteiger partial charge in [-0.2, -0.15) is 0 Å². The molecule has 1 saturated carbocycles. The molecule has 0 aromatic heterocycles. The maximum absolute atomic E-state index is 5.97. The first kappa shape index (κ1) is 19.5. The molecule has 6 heteroatoms. The number of benzene rings is 1. The van der Waals surface area contributed by atoms with Crippen LogP contribution >= 0.6 is 24.0 Å². The van der Waals surface area contributed by atoms with Crippen LogP contribution in [0.15, 0.2) is 29.3 Å². The van der Waals surface area contributed by atoms with E-state index >= 15 is 0 Å². The lowest BCUT2D eigenvalue weighted by atomic mass is 10.0. The highest BCUT2D eigenvalue weighted by Crippen LogP contribution is 2.60. The molecule has 148 valence electrons. The Bertz CT molecular complexity index is 692. The van der Waals surface area contributed by atoms with Gasteiger partial charge in [-0.25, -0.2) is 0 Å². The fourth-order valence-electron chi connectivity index (χ4n) is 5.29. The number of hydrogen-bond acceptors (Lipinski definition) is 3. The largest absolute Gasteiger partial charge is 0.375 e. The van der Waals surface area contributed by atoms with Crippen molar-refractivity contribution in [3.8, 4) is 0 Å². The smallest absolute Gasteiger partial charge is 0.193 e. The molecule has 1 aromatic rings. The van der Waals surface area contributed by atoms with Gasteiger partial charge in [-0.1, -0.05) is 24.3 Å². The van der Waals surface area contributed by atoms with E-state index in [-0.39, 0.29) is 36.2 Å². The van der Waals surface area contributed by atoms with E-state index in [0.717, 1.165) is 69.4 Å². The second kappa shape index (κ2) is 8.25. The van der Waals surface area contributed by atoms with E-state index in [1.807, 2.05) is 7.05 Å². The number of nitrogens with one attached hydrogen (secondary N) is 1. The number of ether oxygens (including phenoxy) is 2. The summed E-state index contributed by atoms with van der Waals surface area (Å²) in [4.78, 5) is 6.89. The molecule has 0 bridgehead atoms. The summed E-state index contributed by atoms with van der Waals surface area (Å²) in [5, 5.41) is 3.65. The molecular formula is C21H30IN3O2. The van der Waals surface area contributed by atoms with E-state index in [4.69, 9.17) is 9.47 Å². The second-order valence-electron chi connectivity index (χ2n) is 8.09. The lowest BCUT2D eigenvalue weighted by Crippen LogP contribution is -2.53. The summed E-state index contributed by atoms with van der Waals surface area (Å²) in [5.74, 6) is 3.38. The van der Waals surface area contributed by atoms with Gasteiger partial charge in [0.25, 0.3) is 0 Å². The van der Waals surface area contributed by atoms with Crippen molar-refractivity contribution in [3.63, 3.8) is 0 Å². The Morgan fingerprint density at radius 3 is 2.89 bits per heavy atom. The molecule has 2 aliphatic carbocycles. The molecule has 0 amide bonds. The number of morpholine rings is 1. The highest BCUT2D eigenvalue weighted by atomic mass is 127. The van der Waals surface area contributed by atoms with Gasteiger partial charge in [-0.15, -0.1) is 24.0 Å². The number of hydrogen-bond donors (Lipinski definition) is 1. The van der Waals surface area contributed by atoms with Crippen LogP contribution in [0.2, 0.25) is 0 Å². The van der Waals surface area contributed by atoms with Crippen molar-refractivity contribution in [2.24, 2.45) is 16.8 Å². The summed E-state index contributed by atoms with van der Waals surface area (Å²) >= 11 is 0. The van der Waals surface area contributed by atoms with Crippen LogP contribution in [0.25, 0.3) is 0 Å². The van der Waals surface area contributed by atoms with Gasteiger partial charge in [-0.05, 0) is 48.1 Å². The Morgan fingerprint density at radius 2 is 2.07 bits per heavy atom. The highest BCUT2D eigenvalue weighted by molar-refractivity contribution is 14.0. The van der Waals surface area contributed by atoms with Crippen LogP contribution < -0.4 is 5.32 Å². The van der Waals surface area contributed by atoms with E-state index in [0.29, 0.717) is 0 Å². The van der Waals surface area contributed by atoms with Crippen molar-refractivity contribution >= 4 is 29.9 Å². The molecule has 5 atom stereocenters. The molecule has 4 aliphatic rings. The molecule has 2 aliphatic heterocycles. The maximum Gasteiger partial charge on any atom is 0.193 e. The van der Waals surface area contributed by atoms with Gasteiger partial charge in [0, 0.05) is 33.3 Å². The van der Waals surface area contributed by atoms with E-state index in [1.165, 1.54) is 6.42 Å². The Labute approximate surface area is 178 Å². The lowest BCUT2D eigenvalue weighted by molar-refractivity contribution is -0.0817. The van der Waals surface area contributed by atoms with Crippen molar-refractivity contribution in [1.29, 1.82) is 0 Å². The standard InChI is InChI=1S/C21H29N3O2.HI/c1-22-21(24-8-10-26-19(13-24)18-7-4-9-25-18)23-12-17-16-11-14-5-2-3-6-15(14)20(16)17;/h2-3,5-6,16-20H,4,7-13H2,1H3,(H,22,23);1H. The average Bonchev–Trinajstić information content (AvgIpc) is 3.07. The zero-order chi connectivity index (χ0) is 17.5.